The van der Waals surface area contributed by atoms with E-state index in [-0.39, 0.29) is 0 Å². The smallest absolute Gasteiger partial charge is 0.160 e. The monoisotopic (exact) mass is 404 g/mol. The van der Waals surface area contributed by atoms with Crippen LogP contribution in [0.1, 0.15) is 27.7 Å². The predicted octanol–water partition coefficient (Wildman–Crippen LogP) is 3.84. The molecule has 0 unspecified atom stereocenters. The normalized spacial score (nSPS) is 14.2. The number of fused-ring (bicyclic) bond motifs is 1. The van der Waals surface area contributed by atoms with Crippen LogP contribution in [0, 0.1) is 6.92 Å². The average molecular weight is 405 g/mol. The molecule has 1 aliphatic heterocycles. The first kappa shape index (κ1) is 18.3. The number of nitrogens with one attached hydrogen (secondary N) is 1. The molecule has 0 saturated heterocycles. The molecule has 0 saturated carbocycles. The summed E-state index contributed by atoms with van der Waals surface area (Å²) in [7, 11) is 0. The number of benzene rings is 1. The summed E-state index contributed by atoms with van der Waals surface area (Å²) in [4.78, 5) is 12.3. The highest BCUT2D eigenvalue weighted by molar-refractivity contribution is 7.09. The van der Waals surface area contributed by atoms with Crippen LogP contribution in [0.2, 0.25) is 0 Å². The van der Waals surface area contributed by atoms with E-state index in [2.05, 4.69) is 62.3 Å². The van der Waals surface area contributed by atoms with E-state index in [1.807, 2.05) is 12.3 Å². The Kier molecular flexibility index (Phi) is 4.99. The van der Waals surface area contributed by atoms with Gasteiger partial charge in [-0.3, -0.25) is 10.00 Å². The number of thiazole rings is 1. The Morgan fingerprint density at radius 1 is 1.07 bits per heavy atom. The highest BCUT2D eigenvalue weighted by Gasteiger charge is 2.25. The van der Waals surface area contributed by atoms with Crippen molar-refractivity contribution in [3.8, 4) is 11.5 Å². The Labute approximate surface area is 174 Å². The molecule has 29 heavy (non-hydrogen) atoms. The summed E-state index contributed by atoms with van der Waals surface area (Å²) in [6.45, 7) is 5.77. The van der Waals surface area contributed by atoms with Gasteiger partial charge >= 0.3 is 0 Å². The van der Waals surface area contributed by atoms with Crippen LogP contribution in [-0.2, 0) is 32.5 Å². The number of aromatic nitrogens is 5. The van der Waals surface area contributed by atoms with Gasteiger partial charge in [-0.2, -0.15) is 5.10 Å². The lowest BCUT2D eigenvalue weighted by atomic mass is 10.1. The van der Waals surface area contributed by atoms with Crippen LogP contribution in [0.15, 0.2) is 48.0 Å². The molecule has 1 aliphatic rings. The number of aromatic amines is 1. The molecule has 148 valence electrons. The summed E-state index contributed by atoms with van der Waals surface area (Å²) >= 11 is 1.69. The maximum Gasteiger partial charge on any atom is 0.160 e. The van der Waals surface area contributed by atoms with Gasteiger partial charge in [0.1, 0.15) is 5.69 Å². The molecule has 0 atom stereocenters. The predicted molar refractivity (Wildman–Crippen MR) is 115 cm³/mol. The van der Waals surface area contributed by atoms with E-state index in [0.717, 1.165) is 61.2 Å². The van der Waals surface area contributed by atoms with Crippen LogP contribution < -0.4 is 0 Å². The van der Waals surface area contributed by atoms with E-state index in [0.29, 0.717) is 0 Å². The second-order valence-corrected chi connectivity index (χ2v) is 8.57. The van der Waals surface area contributed by atoms with Crippen molar-refractivity contribution in [1.82, 2.24) is 29.6 Å². The molecule has 0 bridgehead atoms. The largest absolute Gasteiger partial charge is 0.324 e. The molecular weight excluding hydrogens is 380 g/mol. The Morgan fingerprint density at radius 3 is 2.72 bits per heavy atom. The SMILES string of the molecule is Cc1nc(-c2nc(CCc3ccccc3)c3n2CCN(Cc2ccn[nH]2)C3)cs1. The molecule has 1 aromatic carbocycles. The van der Waals surface area contributed by atoms with E-state index in [9.17, 15) is 0 Å². The van der Waals surface area contributed by atoms with Gasteiger partial charge in [0.2, 0.25) is 0 Å². The van der Waals surface area contributed by atoms with Crippen LogP contribution in [-0.4, -0.2) is 36.2 Å². The van der Waals surface area contributed by atoms with Crippen molar-refractivity contribution in [1.29, 1.82) is 0 Å². The van der Waals surface area contributed by atoms with Gasteiger partial charge in [-0.15, -0.1) is 11.3 Å². The Morgan fingerprint density at radius 2 is 1.97 bits per heavy atom. The highest BCUT2D eigenvalue weighted by Crippen LogP contribution is 2.28. The van der Waals surface area contributed by atoms with E-state index in [4.69, 9.17) is 9.97 Å². The summed E-state index contributed by atoms with van der Waals surface area (Å²) in [6.07, 6.45) is 3.76. The maximum atomic E-state index is 5.08. The molecule has 1 N–H and O–H groups in total. The second-order valence-electron chi connectivity index (χ2n) is 7.51. The van der Waals surface area contributed by atoms with E-state index < -0.39 is 0 Å². The molecule has 7 heteroatoms. The number of aryl methyl sites for hydroxylation is 3. The fourth-order valence-corrected chi connectivity index (χ4v) is 4.60. The minimum atomic E-state index is 0.883. The van der Waals surface area contributed by atoms with E-state index in [1.165, 1.54) is 17.0 Å². The first-order valence-corrected chi connectivity index (χ1v) is 10.9. The van der Waals surface area contributed by atoms with E-state index >= 15 is 0 Å². The number of H-pyrrole nitrogens is 1. The summed E-state index contributed by atoms with van der Waals surface area (Å²) in [5.74, 6) is 1.02. The van der Waals surface area contributed by atoms with Crippen molar-refractivity contribution in [2.24, 2.45) is 0 Å². The lowest BCUT2D eigenvalue weighted by Crippen LogP contribution is -2.33. The highest BCUT2D eigenvalue weighted by atomic mass is 32.1. The number of rotatable bonds is 6. The minimum Gasteiger partial charge on any atom is -0.324 e. The van der Waals surface area contributed by atoms with Gasteiger partial charge in [0.05, 0.1) is 16.4 Å². The maximum absolute atomic E-state index is 5.08. The first-order valence-electron chi connectivity index (χ1n) is 10.0. The van der Waals surface area contributed by atoms with Gasteiger partial charge in [-0.05, 0) is 31.4 Å². The zero-order valence-corrected chi connectivity index (χ0v) is 17.3. The third kappa shape index (κ3) is 3.88. The first-order chi connectivity index (χ1) is 14.3. The van der Waals surface area contributed by atoms with Crippen LogP contribution in [0.4, 0.5) is 0 Å². The topological polar surface area (TPSA) is 62.6 Å². The minimum absolute atomic E-state index is 0.883. The molecule has 0 spiro atoms. The standard InChI is InChI=1S/C22H24N6S/c1-16-24-20(15-29-16)22-25-19(8-7-17-5-3-2-4-6-17)21-14-27(11-12-28(21)22)13-18-9-10-23-26-18/h2-6,9-10,15H,7-8,11-14H2,1H3,(H,23,26). The third-order valence-electron chi connectivity index (χ3n) is 5.46. The lowest BCUT2D eigenvalue weighted by molar-refractivity contribution is 0.210. The van der Waals surface area contributed by atoms with Gasteiger partial charge < -0.3 is 4.57 Å². The van der Waals surface area contributed by atoms with Crippen LogP contribution >= 0.6 is 11.3 Å². The number of nitrogens with zero attached hydrogens (tertiary/aromatic N) is 5. The molecule has 5 rings (SSSR count). The summed E-state index contributed by atoms with van der Waals surface area (Å²) in [6, 6.07) is 12.7. The fraction of sp³-hybridized carbons (Fsp3) is 0.318. The van der Waals surface area contributed by atoms with Crippen molar-refractivity contribution >= 4 is 11.3 Å². The van der Waals surface area contributed by atoms with Crippen molar-refractivity contribution < 1.29 is 0 Å². The zero-order chi connectivity index (χ0) is 19.6. The Hall–Kier alpha value is -2.77. The van der Waals surface area contributed by atoms with Crippen molar-refractivity contribution in [3.05, 3.63) is 75.6 Å². The quantitative estimate of drug-likeness (QED) is 0.530. The molecule has 0 amide bonds. The molecule has 4 aromatic rings. The van der Waals surface area contributed by atoms with Gasteiger partial charge in [0.25, 0.3) is 0 Å². The fourth-order valence-electron chi connectivity index (χ4n) is 4.00. The van der Waals surface area contributed by atoms with Crippen molar-refractivity contribution in [3.63, 3.8) is 0 Å². The van der Waals surface area contributed by atoms with Crippen LogP contribution in [0.5, 0.6) is 0 Å². The van der Waals surface area contributed by atoms with Gasteiger partial charge in [-0.1, -0.05) is 30.3 Å². The molecular formula is C22H24N6S. The number of hydrogen-bond acceptors (Lipinski definition) is 5. The number of hydrogen-bond donors (Lipinski definition) is 1. The molecule has 3 aromatic heterocycles. The van der Waals surface area contributed by atoms with Crippen LogP contribution in [0.3, 0.4) is 0 Å². The van der Waals surface area contributed by atoms with Crippen molar-refractivity contribution in [2.45, 2.75) is 39.4 Å². The zero-order valence-electron chi connectivity index (χ0n) is 16.5. The summed E-state index contributed by atoms with van der Waals surface area (Å²) in [5, 5.41) is 10.4. The molecule has 0 radical (unpaired) electrons. The van der Waals surface area contributed by atoms with Gasteiger partial charge in [0.15, 0.2) is 5.82 Å². The molecule has 0 fully saturated rings. The molecule has 6 nitrogen and oxygen atoms in total. The summed E-state index contributed by atoms with van der Waals surface area (Å²) in [5.41, 5.74) is 6.03. The third-order valence-corrected chi connectivity index (χ3v) is 6.24. The summed E-state index contributed by atoms with van der Waals surface area (Å²) < 4.78 is 2.39. The van der Waals surface area contributed by atoms with E-state index in [1.54, 1.807) is 11.3 Å². The Bertz CT molecular complexity index is 1080. The number of imidazole rings is 1. The molecule has 0 aliphatic carbocycles. The molecule has 4 heterocycles. The van der Waals surface area contributed by atoms with Gasteiger partial charge in [-0.25, -0.2) is 9.97 Å². The lowest BCUT2D eigenvalue weighted by Gasteiger charge is -2.29. The van der Waals surface area contributed by atoms with Gasteiger partial charge in [0, 0.05) is 43.4 Å². The second kappa shape index (κ2) is 7.93. The van der Waals surface area contributed by atoms with Crippen LogP contribution in [0.25, 0.3) is 11.5 Å². The Balaban J connectivity index is 1.44. The van der Waals surface area contributed by atoms with Crippen molar-refractivity contribution in [2.75, 3.05) is 6.54 Å². The average Bonchev–Trinajstić information content (AvgIpc) is 3.48.